The molecule has 9 nitrogen and oxygen atoms in total. The molecule has 10 heteroatoms. The van der Waals surface area contributed by atoms with Crippen molar-refractivity contribution in [2.45, 2.75) is 18.6 Å². The van der Waals surface area contributed by atoms with Crippen LogP contribution in [0.1, 0.15) is 12.5 Å². The zero-order valence-electron chi connectivity index (χ0n) is 18.6. The van der Waals surface area contributed by atoms with E-state index in [1.54, 1.807) is 57.6 Å². The number of anilines is 1. The maximum absolute atomic E-state index is 12.5. The second-order valence-electron chi connectivity index (χ2n) is 6.87. The molecule has 172 valence electrons. The van der Waals surface area contributed by atoms with Gasteiger partial charge in [0.2, 0.25) is 5.91 Å². The summed E-state index contributed by atoms with van der Waals surface area (Å²) < 4.78 is 12.6. The van der Waals surface area contributed by atoms with Crippen LogP contribution in [0.25, 0.3) is 11.4 Å². The normalized spacial score (nSPS) is 11.2. The second kappa shape index (κ2) is 11.2. The van der Waals surface area contributed by atoms with Crippen LogP contribution in [0.2, 0.25) is 0 Å². The van der Waals surface area contributed by atoms with Crippen molar-refractivity contribution in [1.82, 2.24) is 14.8 Å². The number of hydrogen-bond donors (Lipinski definition) is 2. The lowest BCUT2D eigenvalue weighted by molar-refractivity contribution is -0.113. The van der Waals surface area contributed by atoms with Crippen molar-refractivity contribution >= 4 is 29.1 Å². The average molecular weight is 468 g/mol. The molecular formula is C23H25N5O4S. The molecule has 3 rings (SSSR count). The van der Waals surface area contributed by atoms with Crippen LogP contribution in [0.3, 0.4) is 0 Å². The highest BCUT2D eigenvalue weighted by atomic mass is 32.2. The van der Waals surface area contributed by atoms with Gasteiger partial charge in [-0.1, -0.05) is 35.1 Å². The summed E-state index contributed by atoms with van der Waals surface area (Å²) in [7, 11) is 3.15. The van der Waals surface area contributed by atoms with Gasteiger partial charge in [0.05, 0.1) is 25.7 Å². The van der Waals surface area contributed by atoms with E-state index in [4.69, 9.17) is 14.7 Å². The number of ether oxygens (including phenoxy) is 2. The fourth-order valence-corrected chi connectivity index (χ4v) is 3.81. The van der Waals surface area contributed by atoms with Crippen LogP contribution in [-0.2, 0) is 11.3 Å². The summed E-state index contributed by atoms with van der Waals surface area (Å²) >= 11 is 1.28. The molecule has 0 aliphatic rings. The first-order valence-corrected chi connectivity index (χ1v) is 11.0. The molecule has 2 aromatic carbocycles. The Balaban J connectivity index is 1.72. The standard InChI is InChI=1S/C23H25N5O4S/c1-5-12-28-22(17-8-11-19(31-3)20(13-17)32-4)25-26-23(28)33-14-21(29)24-18-9-6-16(7-10-18)15(2)27-30/h5-11,13,30H,1,12,14H2,2-4H3,(H,24,29)/b27-15+. The third-order valence-electron chi connectivity index (χ3n) is 4.74. The predicted octanol–water partition coefficient (Wildman–Crippen LogP) is 4.08. The van der Waals surface area contributed by atoms with Crippen molar-refractivity contribution in [3.05, 3.63) is 60.7 Å². The van der Waals surface area contributed by atoms with E-state index in [1.807, 2.05) is 16.7 Å². The van der Waals surface area contributed by atoms with Crippen LogP contribution in [0.15, 0.2) is 65.4 Å². The van der Waals surface area contributed by atoms with Crippen LogP contribution >= 0.6 is 11.8 Å². The largest absolute Gasteiger partial charge is 0.493 e. The number of carbonyl (C=O) groups excluding carboxylic acids is 1. The van der Waals surface area contributed by atoms with E-state index in [0.29, 0.717) is 40.4 Å². The van der Waals surface area contributed by atoms with E-state index in [0.717, 1.165) is 11.1 Å². The quantitative estimate of drug-likeness (QED) is 0.152. The Bertz CT molecular complexity index is 1160. The molecule has 0 spiro atoms. The molecule has 1 amide bonds. The number of nitrogens with one attached hydrogen (secondary N) is 1. The van der Waals surface area contributed by atoms with Gasteiger partial charge < -0.3 is 20.0 Å². The number of oxime groups is 1. The fourth-order valence-electron chi connectivity index (χ4n) is 3.06. The molecule has 0 aliphatic heterocycles. The summed E-state index contributed by atoms with van der Waals surface area (Å²) in [6.07, 6.45) is 1.75. The summed E-state index contributed by atoms with van der Waals surface area (Å²) in [4.78, 5) is 12.5. The minimum Gasteiger partial charge on any atom is -0.493 e. The molecule has 0 atom stereocenters. The van der Waals surface area contributed by atoms with Crippen molar-refractivity contribution < 1.29 is 19.5 Å². The molecule has 0 saturated carbocycles. The Morgan fingerprint density at radius 2 is 1.91 bits per heavy atom. The molecule has 0 unspecified atom stereocenters. The summed E-state index contributed by atoms with van der Waals surface area (Å²) in [5.74, 6) is 1.81. The van der Waals surface area contributed by atoms with E-state index in [-0.39, 0.29) is 11.7 Å². The zero-order valence-corrected chi connectivity index (χ0v) is 19.4. The maximum Gasteiger partial charge on any atom is 0.234 e. The minimum absolute atomic E-state index is 0.153. The van der Waals surface area contributed by atoms with Gasteiger partial charge in [0.1, 0.15) is 0 Å². The Kier molecular flexibility index (Phi) is 8.09. The van der Waals surface area contributed by atoms with Crippen LogP contribution in [0.4, 0.5) is 5.69 Å². The highest BCUT2D eigenvalue weighted by Gasteiger charge is 2.17. The fraction of sp³-hybridized carbons (Fsp3) is 0.217. The Morgan fingerprint density at radius 1 is 1.18 bits per heavy atom. The van der Waals surface area contributed by atoms with Crippen molar-refractivity contribution in [2.75, 3.05) is 25.3 Å². The van der Waals surface area contributed by atoms with Crippen LogP contribution in [0, 0.1) is 0 Å². The van der Waals surface area contributed by atoms with Crippen LogP contribution < -0.4 is 14.8 Å². The second-order valence-corrected chi connectivity index (χ2v) is 7.82. The highest BCUT2D eigenvalue weighted by Crippen LogP contribution is 2.33. The van der Waals surface area contributed by atoms with Crippen LogP contribution in [0.5, 0.6) is 11.5 Å². The number of benzene rings is 2. The van der Waals surface area contributed by atoms with Crippen molar-refractivity contribution in [2.24, 2.45) is 5.16 Å². The smallest absolute Gasteiger partial charge is 0.234 e. The molecule has 1 aromatic heterocycles. The molecule has 0 saturated heterocycles. The number of allylic oxidation sites excluding steroid dienone is 1. The van der Waals surface area contributed by atoms with Crippen molar-refractivity contribution in [1.29, 1.82) is 0 Å². The van der Waals surface area contributed by atoms with Gasteiger partial charge in [-0.05, 0) is 42.8 Å². The molecular weight excluding hydrogens is 442 g/mol. The number of rotatable bonds is 10. The Hall–Kier alpha value is -3.79. The summed E-state index contributed by atoms with van der Waals surface area (Å²) in [5.41, 5.74) is 2.72. The number of hydrogen-bond acceptors (Lipinski definition) is 8. The molecule has 3 aromatic rings. The maximum atomic E-state index is 12.5. The Labute approximate surface area is 196 Å². The summed E-state index contributed by atoms with van der Waals surface area (Å²) in [6.45, 7) is 5.99. The molecule has 1 heterocycles. The lowest BCUT2D eigenvalue weighted by Gasteiger charge is -2.11. The monoisotopic (exact) mass is 467 g/mol. The van der Waals surface area contributed by atoms with Gasteiger partial charge in [0.25, 0.3) is 0 Å². The zero-order chi connectivity index (χ0) is 23.8. The molecule has 0 aliphatic carbocycles. The van der Waals surface area contributed by atoms with Gasteiger partial charge >= 0.3 is 0 Å². The van der Waals surface area contributed by atoms with Crippen molar-refractivity contribution in [3.63, 3.8) is 0 Å². The first-order valence-electron chi connectivity index (χ1n) is 9.99. The predicted molar refractivity (Wildman–Crippen MR) is 129 cm³/mol. The average Bonchev–Trinajstić information content (AvgIpc) is 3.25. The van der Waals surface area contributed by atoms with Crippen LogP contribution in [-0.4, -0.2) is 51.6 Å². The summed E-state index contributed by atoms with van der Waals surface area (Å²) in [5, 5.41) is 24.0. The van der Waals surface area contributed by atoms with E-state index in [2.05, 4.69) is 27.2 Å². The number of thioether (sulfide) groups is 1. The number of methoxy groups -OCH3 is 2. The van der Waals surface area contributed by atoms with Gasteiger partial charge in [-0.2, -0.15) is 0 Å². The molecule has 0 radical (unpaired) electrons. The third kappa shape index (κ3) is 5.72. The van der Waals surface area contributed by atoms with E-state index >= 15 is 0 Å². The lowest BCUT2D eigenvalue weighted by atomic mass is 10.1. The third-order valence-corrected chi connectivity index (χ3v) is 5.71. The molecule has 0 bridgehead atoms. The first kappa shape index (κ1) is 23.9. The van der Waals surface area contributed by atoms with Gasteiger partial charge in [-0.25, -0.2) is 0 Å². The van der Waals surface area contributed by atoms with Crippen molar-refractivity contribution in [3.8, 4) is 22.9 Å². The van der Waals surface area contributed by atoms with E-state index in [1.165, 1.54) is 11.8 Å². The SMILES string of the molecule is C=CCn1c(SCC(=O)Nc2ccc(/C(C)=N/O)cc2)nnc1-c1ccc(OC)c(OC)c1. The van der Waals surface area contributed by atoms with Gasteiger partial charge in [0, 0.05) is 17.8 Å². The lowest BCUT2D eigenvalue weighted by Crippen LogP contribution is -2.14. The number of amides is 1. The number of carbonyl (C=O) groups is 1. The van der Waals surface area contributed by atoms with E-state index in [9.17, 15) is 4.79 Å². The topological polar surface area (TPSA) is 111 Å². The van der Waals surface area contributed by atoms with Gasteiger partial charge in [-0.3, -0.25) is 9.36 Å². The molecule has 2 N–H and O–H groups in total. The molecule has 33 heavy (non-hydrogen) atoms. The first-order chi connectivity index (χ1) is 16.0. The van der Waals surface area contributed by atoms with Gasteiger partial charge in [0.15, 0.2) is 22.5 Å². The minimum atomic E-state index is -0.180. The van der Waals surface area contributed by atoms with E-state index < -0.39 is 0 Å². The number of nitrogens with zero attached hydrogens (tertiary/aromatic N) is 4. The molecule has 0 fully saturated rings. The highest BCUT2D eigenvalue weighted by molar-refractivity contribution is 7.99. The Morgan fingerprint density at radius 3 is 2.55 bits per heavy atom. The summed E-state index contributed by atoms with van der Waals surface area (Å²) in [6, 6.07) is 12.6. The van der Waals surface area contributed by atoms with Gasteiger partial charge in [-0.15, -0.1) is 16.8 Å². The number of aromatic nitrogens is 3.